The maximum atomic E-state index is 13.7. The van der Waals surface area contributed by atoms with E-state index < -0.39 is 31.3 Å². The first-order chi connectivity index (χ1) is 9.32. The highest BCUT2D eigenvalue weighted by Crippen LogP contribution is 2.25. The number of Topliss-reactive ketones (excluding diaryl/α,β-unsaturated/α-hetero) is 1. The van der Waals surface area contributed by atoms with Gasteiger partial charge >= 0.3 is 0 Å². The average molecular weight is 302 g/mol. The van der Waals surface area contributed by atoms with Gasteiger partial charge in [0.25, 0.3) is 5.69 Å². The van der Waals surface area contributed by atoms with Crippen LogP contribution in [0.4, 0.5) is 10.1 Å². The van der Waals surface area contributed by atoms with Crippen LogP contribution in [0.1, 0.15) is 12.8 Å². The summed E-state index contributed by atoms with van der Waals surface area (Å²) in [5.74, 6) is -1.33. The van der Waals surface area contributed by atoms with Crippen molar-refractivity contribution in [1.29, 1.82) is 0 Å². The molecule has 0 spiro atoms. The molecular weight excluding hydrogens is 291 g/mol. The van der Waals surface area contributed by atoms with Crippen molar-refractivity contribution < 1.29 is 22.5 Å². The van der Waals surface area contributed by atoms with Gasteiger partial charge in [0.05, 0.1) is 11.5 Å². The van der Waals surface area contributed by atoms with Crippen molar-refractivity contribution >= 4 is 21.5 Å². The summed E-state index contributed by atoms with van der Waals surface area (Å²) in [5, 5.41) is 10.6. The van der Waals surface area contributed by atoms with E-state index in [2.05, 4.69) is 0 Å². The quantitative estimate of drug-likeness (QED) is 0.615. The van der Waals surface area contributed by atoms with Gasteiger partial charge in [-0.15, -0.1) is 0 Å². The molecule has 1 aliphatic heterocycles. The molecule has 1 aliphatic rings. The molecule has 0 atom stereocenters. The van der Waals surface area contributed by atoms with E-state index in [1.165, 1.54) is 0 Å². The van der Waals surface area contributed by atoms with Crippen LogP contribution in [0.2, 0.25) is 0 Å². The Labute approximate surface area is 114 Å². The molecule has 0 N–H and O–H groups in total. The Kier molecular flexibility index (Phi) is 3.82. The maximum absolute atomic E-state index is 13.7. The minimum absolute atomic E-state index is 0.0935. The van der Waals surface area contributed by atoms with Gasteiger partial charge in [-0.05, 0) is 12.5 Å². The van der Waals surface area contributed by atoms with Crippen LogP contribution in [-0.2, 0) is 14.8 Å². The van der Waals surface area contributed by atoms with Gasteiger partial charge < -0.3 is 0 Å². The number of hydrogen-bond donors (Lipinski definition) is 0. The van der Waals surface area contributed by atoms with Crippen molar-refractivity contribution in [2.75, 3.05) is 13.1 Å². The zero-order chi connectivity index (χ0) is 14.9. The smallest absolute Gasteiger partial charge is 0.270 e. The number of rotatable bonds is 3. The third-order valence-corrected chi connectivity index (χ3v) is 4.82. The number of nitro benzene ring substituents is 1. The number of halogens is 1. The van der Waals surface area contributed by atoms with Crippen LogP contribution in [0.25, 0.3) is 0 Å². The number of ketones is 1. The van der Waals surface area contributed by atoms with E-state index in [1.807, 2.05) is 0 Å². The fraction of sp³-hybridized carbons (Fsp3) is 0.364. The summed E-state index contributed by atoms with van der Waals surface area (Å²) >= 11 is 0. The van der Waals surface area contributed by atoms with Gasteiger partial charge in [-0.1, -0.05) is 0 Å². The van der Waals surface area contributed by atoms with Gasteiger partial charge in [-0.2, -0.15) is 4.31 Å². The fourth-order valence-corrected chi connectivity index (χ4v) is 3.50. The predicted octanol–water partition coefficient (Wildman–Crippen LogP) is 1.09. The number of sulfonamides is 1. The Morgan fingerprint density at radius 1 is 1.35 bits per heavy atom. The highest BCUT2D eigenvalue weighted by Gasteiger charge is 2.32. The van der Waals surface area contributed by atoms with Gasteiger partial charge in [0.1, 0.15) is 16.5 Å². The molecule has 0 radical (unpaired) electrons. The second-order valence-corrected chi connectivity index (χ2v) is 6.26. The van der Waals surface area contributed by atoms with Gasteiger partial charge in [-0.3, -0.25) is 14.9 Å². The Morgan fingerprint density at radius 3 is 2.65 bits per heavy atom. The van der Waals surface area contributed by atoms with Crippen molar-refractivity contribution in [2.24, 2.45) is 0 Å². The summed E-state index contributed by atoms with van der Waals surface area (Å²) in [6, 6.07) is 2.29. The Bertz CT molecular complexity index is 673. The topological polar surface area (TPSA) is 97.6 Å². The van der Waals surface area contributed by atoms with Crippen LogP contribution in [0.3, 0.4) is 0 Å². The molecule has 0 amide bonds. The Hall–Kier alpha value is -1.87. The van der Waals surface area contributed by atoms with Crippen molar-refractivity contribution in [3.63, 3.8) is 0 Å². The molecule has 1 fully saturated rings. The Balaban J connectivity index is 2.45. The summed E-state index contributed by atoms with van der Waals surface area (Å²) < 4.78 is 39.0. The van der Waals surface area contributed by atoms with E-state index in [1.54, 1.807) is 0 Å². The van der Waals surface area contributed by atoms with Gasteiger partial charge in [0.15, 0.2) is 0 Å². The summed E-state index contributed by atoms with van der Waals surface area (Å²) in [5.41, 5.74) is -0.520. The molecular formula is C11H11FN2O5S. The summed E-state index contributed by atoms with van der Waals surface area (Å²) in [6.07, 6.45) is 0.637. The van der Waals surface area contributed by atoms with Crippen LogP contribution < -0.4 is 0 Å². The minimum Gasteiger partial charge on any atom is -0.298 e. The van der Waals surface area contributed by atoms with E-state index in [4.69, 9.17) is 0 Å². The molecule has 1 heterocycles. The number of non-ortho nitro benzene ring substituents is 1. The van der Waals surface area contributed by atoms with E-state index in [9.17, 15) is 27.7 Å². The first-order valence-corrected chi connectivity index (χ1v) is 7.22. The van der Waals surface area contributed by atoms with Gasteiger partial charge in [0, 0.05) is 25.1 Å². The second-order valence-electron chi connectivity index (χ2n) is 4.35. The summed E-state index contributed by atoms with van der Waals surface area (Å²) in [6.45, 7) is -0.235. The van der Waals surface area contributed by atoms with E-state index in [-0.39, 0.29) is 25.3 Å². The first kappa shape index (κ1) is 14.5. The third-order valence-electron chi connectivity index (χ3n) is 2.96. The number of hydrogen-bond acceptors (Lipinski definition) is 5. The largest absolute Gasteiger partial charge is 0.298 e. The summed E-state index contributed by atoms with van der Waals surface area (Å²) in [7, 11) is -4.25. The van der Waals surface area contributed by atoms with Gasteiger partial charge in [0.2, 0.25) is 10.0 Å². The summed E-state index contributed by atoms with van der Waals surface area (Å²) in [4.78, 5) is 20.4. The molecule has 1 aromatic carbocycles. The number of benzene rings is 1. The zero-order valence-corrected chi connectivity index (χ0v) is 11.1. The predicted molar refractivity (Wildman–Crippen MR) is 66.1 cm³/mol. The van der Waals surface area contributed by atoms with Crippen molar-refractivity contribution in [2.45, 2.75) is 17.7 Å². The standard InChI is InChI=1S/C11H11FN2O5S/c12-10-4-3-8(14(16)17)6-11(10)20(18,19)13-5-1-2-9(15)7-13/h3-4,6H,1-2,5,7H2. The van der Waals surface area contributed by atoms with E-state index >= 15 is 0 Å². The SMILES string of the molecule is O=C1CCCN(S(=O)(=O)c2cc([N+](=O)[O-])ccc2F)C1. The Morgan fingerprint density at radius 2 is 2.05 bits per heavy atom. The molecule has 7 nitrogen and oxygen atoms in total. The van der Waals surface area contributed by atoms with Crippen LogP contribution in [0.15, 0.2) is 23.1 Å². The zero-order valence-electron chi connectivity index (χ0n) is 10.3. The molecule has 0 saturated carbocycles. The molecule has 108 valence electrons. The number of nitro groups is 1. The highest BCUT2D eigenvalue weighted by molar-refractivity contribution is 7.89. The monoisotopic (exact) mass is 302 g/mol. The molecule has 0 aromatic heterocycles. The van der Waals surface area contributed by atoms with Crippen molar-refractivity contribution in [3.8, 4) is 0 Å². The lowest BCUT2D eigenvalue weighted by atomic mass is 10.1. The molecule has 0 unspecified atom stereocenters. The van der Waals surface area contributed by atoms with Crippen LogP contribution in [-0.4, -0.2) is 36.5 Å². The van der Waals surface area contributed by atoms with Crippen molar-refractivity contribution in [3.05, 3.63) is 34.1 Å². The number of carbonyl (C=O) groups is 1. The molecule has 2 rings (SSSR count). The molecule has 0 bridgehead atoms. The molecule has 20 heavy (non-hydrogen) atoms. The third kappa shape index (κ3) is 2.68. The lowest BCUT2D eigenvalue weighted by Gasteiger charge is -2.25. The minimum atomic E-state index is -4.25. The number of nitrogens with zero attached hydrogens (tertiary/aromatic N) is 2. The molecule has 1 saturated heterocycles. The lowest BCUT2D eigenvalue weighted by Crippen LogP contribution is -2.40. The van der Waals surface area contributed by atoms with Crippen LogP contribution in [0, 0.1) is 15.9 Å². The maximum Gasteiger partial charge on any atom is 0.270 e. The number of carbonyl (C=O) groups excluding carboxylic acids is 1. The van der Waals surface area contributed by atoms with Crippen molar-refractivity contribution in [1.82, 2.24) is 4.31 Å². The molecule has 1 aromatic rings. The van der Waals surface area contributed by atoms with E-state index in [0.29, 0.717) is 12.5 Å². The van der Waals surface area contributed by atoms with Gasteiger partial charge in [-0.25, -0.2) is 12.8 Å². The second kappa shape index (κ2) is 5.25. The average Bonchev–Trinajstić information content (AvgIpc) is 2.38. The molecule has 0 aliphatic carbocycles. The van der Waals surface area contributed by atoms with Crippen LogP contribution >= 0.6 is 0 Å². The van der Waals surface area contributed by atoms with E-state index in [0.717, 1.165) is 16.4 Å². The highest BCUT2D eigenvalue weighted by atomic mass is 32.2. The molecule has 9 heteroatoms. The van der Waals surface area contributed by atoms with Crippen LogP contribution in [0.5, 0.6) is 0 Å². The lowest BCUT2D eigenvalue weighted by molar-refractivity contribution is -0.385. The number of piperidine rings is 1. The fourth-order valence-electron chi connectivity index (χ4n) is 1.95. The normalized spacial score (nSPS) is 17.1. The first-order valence-electron chi connectivity index (χ1n) is 5.78.